The summed E-state index contributed by atoms with van der Waals surface area (Å²) in [5.41, 5.74) is 0. The van der Waals surface area contributed by atoms with E-state index >= 15 is 0 Å². The molecule has 264 valence electrons. The molecule has 0 bridgehead atoms. The van der Waals surface area contributed by atoms with Crippen LogP contribution < -0.4 is 0 Å². The minimum atomic E-state index is -4.63. The van der Waals surface area contributed by atoms with Crippen LogP contribution >= 0.6 is 23.5 Å². The molecule has 45 heavy (non-hydrogen) atoms. The molecule has 0 rings (SSSR count). The van der Waals surface area contributed by atoms with Crippen LogP contribution in [0.2, 0.25) is 8.87 Å². The summed E-state index contributed by atoms with van der Waals surface area (Å²) in [4.78, 5) is 51.4. The topological polar surface area (TPSA) is 105 Å². The van der Waals surface area contributed by atoms with E-state index in [1.54, 1.807) is 0 Å². The van der Waals surface area contributed by atoms with Gasteiger partial charge in [0.25, 0.3) is 0 Å². The molecule has 0 fully saturated rings. The van der Waals surface area contributed by atoms with Crippen molar-refractivity contribution in [3.63, 3.8) is 0 Å². The van der Waals surface area contributed by atoms with Crippen molar-refractivity contribution in [2.45, 2.75) is 140 Å². The molecule has 0 aromatic heterocycles. The molecule has 0 aliphatic heterocycles. The molecule has 0 aromatic rings. The molecule has 0 aliphatic rings. The van der Waals surface area contributed by atoms with Gasteiger partial charge in [-0.2, -0.15) is 0 Å². The van der Waals surface area contributed by atoms with E-state index in [4.69, 9.17) is 15.6 Å². The maximum absolute atomic E-state index is 13.1. The van der Waals surface area contributed by atoms with E-state index in [1.165, 1.54) is 49.2 Å². The fraction of sp³-hybridized carbons (Fsp3) is 0.882. The molecular formula is C34H64O8S2Sn. The van der Waals surface area contributed by atoms with Gasteiger partial charge in [0.2, 0.25) is 0 Å². The third-order valence-electron chi connectivity index (χ3n) is 7.12. The fourth-order valence-electron chi connectivity index (χ4n) is 4.39. The second-order valence-corrected chi connectivity index (χ2v) is 24.0. The Kier molecular flexibility index (Phi) is 29.1. The van der Waals surface area contributed by atoms with Crippen LogP contribution in [0.15, 0.2) is 0 Å². The molecule has 0 heterocycles. The number of thioether (sulfide) groups is 2. The Balaban J connectivity index is 5.44. The van der Waals surface area contributed by atoms with Gasteiger partial charge in [0, 0.05) is 0 Å². The Labute approximate surface area is 288 Å². The molecule has 0 aromatic carbocycles. The van der Waals surface area contributed by atoms with Crippen LogP contribution in [0.1, 0.15) is 131 Å². The van der Waals surface area contributed by atoms with Crippen LogP contribution in [-0.2, 0) is 34.8 Å². The van der Waals surface area contributed by atoms with Crippen molar-refractivity contribution in [3.8, 4) is 0 Å². The van der Waals surface area contributed by atoms with Crippen molar-refractivity contribution in [1.82, 2.24) is 0 Å². The van der Waals surface area contributed by atoms with Gasteiger partial charge < -0.3 is 0 Å². The second-order valence-electron chi connectivity index (χ2n) is 12.6. The number of ether oxygens (including phenoxy) is 2. The summed E-state index contributed by atoms with van der Waals surface area (Å²) in [6.07, 6.45) is 12.3. The van der Waals surface area contributed by atoms with E-state index in [2.05, 4.69) is 27.7 Å². The molecule has 0 amide bonds. The first kappa shape index (κ1) is 44.4. The molecule has 0 radical (unpaired) electrons. The summed E-state index contributed by atoms with van der Waals surface area (Å²) >= 11 is -1.61. The zero-order chi connectivity index (χ0) is 33.8. The summed E-state index contributed by atoms with van der Waals surface area (Å²) in [6, 6.07) is 0. The molecule has 0 aliphatic carbocycles. The van der Waals surface area contributed by atoms with Crippen LogP contribution in [0.5, 0.6) is 0 Å². The predicted molar refractivity (Wildman–Crippen MR) is 190 cm³/mol. The molecule has 0 atom stereocenters. The zero-order valence-electron chi connectivity index (χ0n) is 29.3. The summed E-state index contributed by atoms with van der Waals surface area (Å²) in [5.74, 6) is 1.66. The van der Waals surface area contributed by atoms with Gasteiger partial charge >= 0.3 is 290 Å². The normalized spacial score (nSPS) is 11.6. The number of rotatable bonds is 30. The third kappa shape index (κ3) is 28.1. The summed E-state index contributed by atoms with van der Waals surface area (Å²) in [6.45, 7) is 13.6. The first-order valence-corrected chi connectivity index (χ1v) is 26.1. The van der Waals surface area contributed by atoms with Crippen molar-refractivity contribution in [1.29, 1.82) is 0 Å². The molecule has 0 unspecified atom stereocenters. The van der Waals surface area contributed by atoms with Gasteiger partial charge in [-0.25, -0.2) is 0 Å². The van der Waals surface area contributed by atoms with Crippen LogP contribution in [0, 0.1) is 11.8 Å². The molecule has 8 nitrogen and oxygen atoms in total. The number of hydrogen-bond acceptors (Lipinski definition) is 10. The molecule has 11 heteroatoms. The number of unbranched alkanes of at least 4 members (excludes halogenated alkanes) is 6. The monoisotopic (exact) mass is 784 g/mol. The van der Waals surface area contributed by atoms with E-state index in [9.17, 15) is 19.2 Å². The van der Waals surface area contributed by atoms with E-state index in [-0.39, 0.29) is 33.2 Å². The zero-order valence-corrected chi connectivity index (χ0v) is 33.8. The Morgan fingerprint density at radius 3 is 1.31 bits per heavy atom. The quantitative estimate of drug-likeness (QED) is 0.0399. The molecule has 0 N–H and O–H groups in total. The van der Waals surface area contributed by atoms with Crippen molar-refractivity contribution < 1.29 is 34.8 Å². The minimum absolute atomic E-state index is 0.0166. The van der Waals surface area contributed by atoms with Gasteiger partial charge in [-0.05, 0) is 0 Å². The Morgan fingerprint density at radius 1 is 0.556 bits per heavy atom. The van der Waals surface area contributed by atoms with Gasteiger partial charge in [0.15, 0.2) is 0 Å². The van der Waals surface area contributed by atoms with Crippen molar-refractivity contribution in [2.24, 2.45) is 11.8 Å². The predicted octanol–water partition coefficient (Wildman–Crippen LogP) is 8.88. The third-order valence-corrected chi connectivity index (χ3v) is 18.4. The van der Waals surface area contributed by atoms with Gasteiger partial charge in [0.05, 0.1) is 0 Å². The standard InChI is InChI=1S/2C10H20O2S.2C7H13O2.Sn/c2*1-9(2)6-4-3-5-7-13-8-10(11)12;2*1-3-5-6-9-7(8)4-2;/h2*9H,3-8H2,1-2H3,(H,11,12);2*2-6H2,1H3;/q;;;;+2/p-2. The average Bonchev–Trinajstić information content (AvgIpc) is 2.98. The van der Waals surface area contributed by atoms with Crippen LogP contribution in [-0.4, -0.2) is 79.3 Å². The molecular weight excluding hydrogens is 719 g/mol. The van der Waals surface area contributed by atoms with Crippen molar-refractivity contribution in [2.75, 3.05) is 36.2 Å². The number of carbonyl (C=O) groups excluding carboxylic acids is 4. The summed E-state index contributed by atoms with van der Waals surface area (Å²) in [7, 11) is 0. The average molecular weight is 784 g/mol. The Bertz CT molecular complexity index is 730. The number of carbonyl (C=O) groups is 4. The first-order valence-electron chi connectivity index (χ1n) is 17.4. The van der Waals surface area contributed by atoms with Gasteiger partial charge in [-0.15, -0.1) is 0 Å². The molecule has 0 saturated heterocycles. The number of hydrogen-bond donors (Lipinski definition) is 0. The first-order chi connectivity index (χ1) is 21.5. The Morgan fingerprint density at radius 2 is 0.956 bits per heavy atom. The SMILES string of the molecule is CCCCOC(=O)C[CH2][Sn]([CH2]CC(=O)OCCCC)([O]C(=O)CSCCCCCC(C)C)[O]C(=O)CSCCCCCC(C)C. The van der Waals surface area contributed by atoms with Gasteiger partial charge in [-0.3, -0.25) is 0 Å². The van der Waals surface area contributed by atoms with E-state index in [0.29, 0.717) is 25.0 Å². The second kappa shape index (κ2) is 29.5. The van der Waals surface area contributed by atoms with Gasteiger partial charge in [-0.1, -0.05) is 0 Å². The fourth-order valence-corrected chi connectivity index (χ4v) is 14.7. The molecule has 0 saturated carbocycles. The van der Waals surface area contributed by atoms with Crippen molar-refractivity contribution >= 4 is 66.6 Å². The van der Waals surface area contributed by atoms with E-state index < -0.39 is 43.1 Å². The van der Waals surface area contributed by atoms with Crippen LogP contribution in [0.4, 0.5) is 0 Å². The van der Waals surface area contributed by atoms with Crippen LogP contribution in [0.3, 0.4) is 0 Å². The van der Waals surface area contributed by atoms with Gasteiger partial charge in [0.1, 0.15) is 0 Å². The summed E-state index contributed by atoms with van der Waals surface area (Å²) < 4.78 is 23.1. The maximum atomic E-state index is 13.1. The van der Waals surface area contributed by atoms with E-state index in [1.807, 2.05) is 13.8 Å². The van der Waals surface area contributed by atoms with Crippen LogP contribution in [0.25, 0.3) is 0 Å². The molecule has 0 spiro atoms. The van der Waals surface area contributed by atoms with Crippen molar-refractivity contribution in [3.05, 3.63) is 0 Å². The summed E-state index contributed by atoms with van der Waals surface area (Å²) in [5, 5.41) is 0. The van der Waals surface area contributed by atoms with E-state index in [0.717, 1.165) is 62.9 Å². The Hall–Kier alpha value is -0.621. The number of esters is 2.